The number of aryl methyl sites for hydroxylation is 2. The third-order valence-corrected chi connectivity index (χ3v) is 20.2. The predicted molar refractivity (Wildman–Crippen MR) is 313 cm³/mol. The number of benzene rings is 4. The van der Waals surface area contributed by atoms with Crippen LogP contribution in [0.4, 0.5) is 22.0 Å². The minimum atomic E-state index is -5.73. The number of nitrogens with zero attached hydrogens (tertiary/aromatic N) is 6. The molecular formula is C57H59N9O19P3+. The summed E-state index contributed by atoms with van der Waals surface area (Å²) in [6, 6.07) is 13.1. The Bertz CT molecular complexity index is 4310. The smallest absolute Gasteiger partial charge is 0.478 e. The zero-order chi connectivity index (χ0) is 62.0. The van der Waals surface area contributed by atoms with E-state index in [1.807, 2.05) is 0 Å². The fourth-order valence-corrected chi connectivity index (χ4v) is 15.9. The molecule has 0 radical (unpaired) electrons. The van der Waals surface area contributed by atoms with Gasteiger partial charge in [0.25, 0.3) is 11.6 Å². The van der Waals surface area contributed by atoms with Gasteiger partial charge in [-0.1, -0.05) is 17.9 Å². The van der Waals surface area contributed by atoms with Crippen molar-refractivity contribution in [3.8, 4) is 23.3 Å². The third-order valence-electron chi connectivity index (χ3n) is 16.4. The summed E-state index contributed by atoms with van der Waals surface area (Å²) in [6.45, 7) is 4.21. The number of rotatable bonds is 17. The second kappa shape index (κ2) is 23.9. The quantitative estimate of drug-likeness (QED) is 0.0174. The number of nitro groups is 1. The third kappa shape index (κ3) is 12.2. The Morgan fingerprint density at radius 1 is 0.898 bits per heavy atom. The van der Waals surface area contributed by atoms with Gasteiger partial charge in [-0.3, -0.25) is 19.4 Å². The highest BCUT2D eigenvalue weighted by Crippen LogP contribution is 2.66. The monoisotopic (exact) mass is 1270 g/mol. The summed E-state index contributed by atoms with van der Waals surface area (Å²) in [7, 11) is -16.7. The van der Waals surface area contributed by atoms with Gasteiger partial charge in [-0.15, -0.1) is 0 Å². The molecule has 8 heterocycles. The number of nitro benzene ring substituents is 1. The molecule has 6 aromatic rings. The van der Waals surface area contributed by atoms with E-state index in [0.717, 1.165) is 111 Å². The topological polar surface area (TPSA) is 389 Å². The van der Waals surface area contributed by atoms with Gasteiger partial charge in [-0.05, 0) is 111 Å². The molecule has 460 valence electrons. The summed E-state index contributed by atoms with van der Waals surface area (Å²) in [4.78, 5) is 100. The van der Waals surface area contributed by atoms with Crippen molar-refractivity contribution in [2.24, 2.45) is 0 Å². The molecule has 2 amide bonds. The Morgan fingerprint density at radius 2 is 1.66 bits per heavy atom. The van der Waals surface area contributed by atoms with Gasteiger partial charge in [0.05, 0.1) is 51.8 Å². The summed E-state index contributed by atoms with van der Waals surface area (Å²) < 4.78 is 70.0. The first-order valence-corrected chi connectivity index (χ1v) is 32.9. The lowest BCUT2D eigenvalue weighted by atomic mass is 9.81. The Balaban J connectivity index is 0.741. The van der Waals surface area contributed by atoms with Crippen molar-refractivity contribution in [3.63, 3.8) is 0 Å². The summed E-state index contributed by atoms with van der Waals surface area (Å²) in [6.07, 6.45) is 6.65. The average molecular weight is 1270 g/mol. The van der Waals surface area contributed by atoms with E-state index in [9.17, 15) is 53.1 Å². The van der Waals surface area contributed by atoms with Crippen molar-refractivity contribution in [3.05, 3.63) is 143 Å². The number of aromatic carboxylic acids is 1. The van der Waals surface area contributed by atoms with E-state index < -0.39 is 71.4 Å². The predicted octanol–water partition coefficient (Wildman–Crippen LogP) is 5.85. The first kappa shape index (κ1) is 60.4. The van der Waals surface area contributed by atoms with E-state index in [1.165, 1.54) is 65.8 Å². The molecule has 31 heteroatoms. The maximum absolute atomic E-state index is 14.3. The van der Waals surface area contributed by atoms with E-state index in [2.05, 4.69) is 62.7 Å². The Hall–Kier alpha value is -7.89. The fraction of sp³-hybridized carbons (Fsp3) is 0.368. The summed E-state index contributed by atoms with van der Waals surface area (Å²) >= 11 is 0. The van der Waals surface area contributed by atoms with Crippen molar-refractivity contribution in [2.45, 2.75) is 96.1 Å². The van der Waals surface area contributed by atoms with E-state index in [-0.39, 0.29) is 59.8 Å². The van der Waals surface area contributed by atoms with Crippen LogP contribution in [0.3, 0.4) is 0 Å². The van der Waals surface area contributed by atoms with Gasteiger partial charge in [0.2, 0.25) is 5.36 Å². The van der Waals surface area contributed by atoms with Crippen molar-refractivity contribution < 1.29 is 85.0 Å². The molecule has 0 spiro atoms. The second-order valence-corrected chi connectivity index (χ2v) is 26.5. The number of nitrogens with one attached hydrogen (secondary N) is 2. The van der Waals surface area contributed by atoms with Gasteiger partial charge in [0.15, 0.2) is 0 Å². The van der Waals surface area contributed by atoms with Crippen LogP contribution in [0.2, 0.25) is 0 Å². The van der Waals surface area contributed by atoms with Gasteiger partial charge in [-0.2, -0.15) is 8.62 Å². The van der Waals surface area contributed by atoms with E-state index in [4.69, 9.17) is 34.3 Å². The van der Waals surface area contributed by atoms with Gasteiger partial charge in [-0.25, -0.2) is 37.8 Å². The second-order valence-electron chi connectivity index (χ2n) is 22.0. The number of anilines is 2. The number of carboxylic acid groups (broad SMARTS) is 1. The number of carbonyl (C=O) groups excluding carboxylic acids is 2. The van der Waals surface area contributed by atoms with Crippen LogP contribution in [-0.2, 0) is 68.5 Å². The SMILES string of the molecule is CC(OC(=O)NCC#Cc1cn(C2CCC(COP(=O)(O)OP(=O)(O)OP(=O)(O)O)O2)c2ncnc(N)c12)c1cc(CNC(=O)c2ccc(C(=O)O)c(C3=c4cc5c6c(c4Oc4c3cc3c7c4CCCN7CCC3)CCC[N+]=6CCC5)c2)ccc1[N+](=O)[O-]. The zero-order valence-electron chi connectivity index (χ0n) is 47.1. The highest BCUT2D eigenvalue weighted by molar-refractivity contribution is 7.66. The molecule has 1 saturated heterocycles. The van der Waals surface area contributed by atoms with Crippen LogP contribution in [0.25, 0.3) is 16.6 Å². The number of carbonyl (C=O) groups is 3. The molecule has 28 nitrogen and oxygen atoms in total. The highest BCUT2D eigenvalue weighted by Gasteiger charge is 2.42. The minimum absolute atomic E-state index is 0.0265. The molecule has 9 N–H and O–H groups in total. The van der Waals surface area contributed by atoms with Crippen LogP contribution in [-0.4, -0.2) is 108 Å². The van der Waals surface area contributed by atoms with Gasteiger partial charge < -0.3 is 64.7 Å². The average Bonchev–Trinajstić information content (AvgIpc) is 0.928. The summed E-state index contributed by atoms with van der Waals surface area (Å²) in [5.74, 6) is 5.53. The lowest BCUT2D eigenvalue weighted by molar-refractivity contribution is -0.386. The molecule has 6 aliphatic heterocycles. The number of hydrogen-bond acceptors (Lipinski definition) is 18. The van der Waals surface area contributed by atoms with Gasteiger partial charge in [0.1, 0.15) is 54.7 Å². The van der Waals surface area contributed by atoms with Crippen molar-refractivity contribution in [2.75, 3.05) is 50.0 Å². The number of ether oxygens (including phenoxy) is 3. The first-order chi connectivity index (χ1) is 42.0. The number of nitrogen functional groups attached to an aromatic ring is 1. The number of alkyl carbamates (subject to hydrolysis) is 1. The Morgan fingerprint density at radius 3 is 2.43 bits per heavy atom. The number of fused-ring (bicyclic) bond motifs is 5. The fourth-order valence-electron chi connectivity index (χ4n) is 12.8. The minimum Gasteiger partial charge on any atom is -0.478 e. The van der Waals surface area contributed by atoms with E-state index in [1.54, 1.807) is 16.8 Å². The molecule has 0 aliphatic carbocycles. The lowest BCUT2D eigenvalue weighted by Gasteiger charge is -2.39. The molecule has 1 fully saturated rings. The molecule has 0 bridgehead atoms. The highest BCUT2D eigenvalue weighted by atomic mass is 31.3. The van der Waals surface area contributed by atoms with Crippen LogP contribution >= 0.6 is 23.5 Å². The summed E-state index contributed by atoms with van der Waals surface area (Å²) in [5, 5.41) is 31.0. The number of nitrogens with two attached hydrogens (primary N) is 1. The van der Waals surface area contributed by atoms with Crippen LogP contribution in [0.5, 0.6) is 11.5 Å². The number of carboxylic acids is 1. The largest absolute Gasteiger partial charge is 0.490 e. The molecule has 2 aromatic heterocycles. The van der Waals surface area contributed by atoms with Crippen LogP contribution in [0.1, 0.15) is 129 Å². The molecule has 5 atom stereocenters. The van der Waals surface area contributed by atoms with Crippen LogP contribution < -0.4 is 41.2 Å². The Labute approximate surface area is 500 Å². The zero-order valence-corrected chi connectivity index (χ0v) is 49.8. The molecular weight excluding hydrogens is 1210 g/mol. The lowest BCUT2D eigenvalue weighted by Crippen LogP contribution is -2.45. The summed E-state index contributed by atoms with van der Waals surface area (Å²) in [5.41, 5.74) is 14.9. The van der Waals surface area contributed by atoms with Crippen LogP contribution in [0.15, 0.2) is 61.1 Å². The van der Waals surface area contributed by atoms with Crippen molar-refractivity contribution >= 4 is 75.2 Å². The number of phosphoric ester groups is 1. The standard InChI is InChI=1S/C57H58N9O19P3/c1-31(81-57(70)59-18-2-7-36-28-65(54-47(36)53(58)61-30-62-54)46-17-14-37(82-46)29-80-87(76,77)85-88(78,79)84-86(73,74)75)41-23-32(12-16-45(41)66(71)72)27-60-55(67)35-13-15-38(56(68)69)42(26-35)48-43-24-33-8-3-19-63-21-5-10-39(49(33)63)51(43)83-52-40-11-6-22-64-20-4-9-34(50(40)64)25-44(48)52/h12-13,15-16,23-26,28,30-31,37,46H,3-6,8-11,14,17-22,27,29H2,1H3,(H8-,58,59,60,61,62,67,68,69,70,73,74,75,76,77,78,79)/p+1. The molecule has 12 rings (SSSR count). The molecule has 88 heavy (non-hydrogen) atoms. The van der Waals surface area contributed by atoms with E-state index >= 15 is 0 Å². The van der Waals surface area contributed by atoms with Gasteiger partial charge in [0, 0.05) is 83.5 Å². The van der Waals surface area contributed by atoms with Crippen molar-refractivity contribution in [1.82, 2.24) is 29.7 Å². The number of amides is 2. The maximum Gasteiger partial charge on any atom is 0.490 e. The Kier molecular flexibility index (Phi) is 16.4. The molecule has 0 saturated carbocycles. The van der Waals surface area contributed by atoms with Crippen LogP contribution in [0, 0.1) is 22.0 Å². The maximum atomic E-state index is 14.3. The molecule has 5 unspecified atom stereocenters. The van der Waals surface area contributed by atoms with Crippen molar-refractivity contribution in [1.29, 1.82) is 0 Å². The normalized spacial score (nSPS) is 19.1. The number of aromatic nitrogens is 3. The first-order valence-electron chi connectivity index (χ1n) is 28.3. The number of hydrogen-bond donors (Lipinski definition) is 8. The van der Waals surface area contributed by atoms with E-state index in [0.29, 0.717) is 27.6 Å². The number of phosphoric acid groups is 3. The molecule has 4 aromatic carbocycles. The molecule has 6 aliphatic rings. The van der Waals surface area contributed by atoms with Gasteiger partial charge >= 0.3 is 35.5 Å².